The second kappa shape index (κ2) is 3.61. The van der Waals surface area contributed by atoms with Crippen LogP contribution in [0.4, 0.5) is 4.39 Å². The zero-order chi connectivity index (χ0) is 9.97. The molecule has 1 aromatic carbocycles. The highest BCUT2D eigenvalue weighted by molar-refractivity contribution is 6.08. The molecule has 1 heterocycles. The molecule has 0 fully saturated rings. The molecule has 0 bridgehead atoms. The molecule has 14 heavy (non-hydrogen) atoms. The lowest BCUT2D eigenvalue weighted by Crippen LogP contribution is -1.91. The first-order chi connectivity index (χ1) is 6.81. The summed E-state index contributed by atoms with van der Waals surface area (Å²) >= 11 is 0. The summed E-state index contributed by atoms with van der Waals surface area (Å²) in [6.07, 6.45) is 1.38. The van der Waals surface area contributed by atoms with Crippen LogP contribution in [-0.2, 0) is 6.32 Å². The molecule has 2 rings (SSSR count). The molecule has 0 saturated carbocycles. The Bertz CT molecular complexity index is 430. The van der Waals surface area contributed by atoms with Gasteiger partial charge in [0.25, 0.3) is 0 Å². The van der Waals surface area contributed by atoms with Crippen LogP contribution in [0.2, 0.25) is 0 Å². The molecule has 0 amide bonds. The minimum Gasteiger partial charge on any atom is -0.342 e. The molecule has 0 aliphatic heterocycles. The molecule has 0 atom stereocenters. The maximum absolute atomic E-state index is 13.3. The monoisotopic (exact) mass is 188 g/mol. The molecule has 68 valence electrons. The highest BCUT2D eigenvalue weighted by Crippen LogP contribution is 2.18. The van der Waals surface area contributed by atoms with Crippen LogP contribution >= 0.6 is 0 Å². The summed E-state index contributed by atoms with van der Waals surface area (Å²) in [5.41, 5.74) is 1.05. The summed E-state index contributed by atoms with van der Waals surface area (Å²) in [7, 11) is 5.33. The quantitative estimate of drug-likeness (QED) is 0.671. The van der Waals surface area contributed by atoms with Crippen molar-refractivity contribution in [2.75, 3.05) is 0 Å². The molecule has 2 radical (unpaired) electrons. The van der Waals surface area contributed by atoms with Crippen molar-refractivity contribution in [3.8, 4) is 11.4 Å². The van der Waals surface area contributed by atoms with Crippen LogP contribution in [0.5, 0.6) is 0 Å². The topological polar surface area (TPSA) is 38.9 Å². The van der Waals surface area contributed by atoms with Gasteiger partial charge in [-0.1, -0.05) is 23.6 Å². The number of benzene rings is 1. The van der Waals surface area contributed by atoms with Crippen molar-refractivity contribution in [1.29, 1.82) is 0 Å². The molecule has 0 N–H and O–H groups in total. The Kier molecular flexibility index (Phi) is 2.31. The molecule has 0 saturated heterocycles. The van der Waals surface area contributed by atoms with E-state index >= 15 is 0 Å². The average molecular weight is 188 g/mol. The van der Waals surface area contributed by atoms with Gasteiger partial charge in [-0.3, -0.25) is 0 Å². The van der Waals surface area contributed by atoms with Crippen LogP contribution in [0, 0.1) is 5.82 Å². The second-order valence-corrected chi connectivity index (χ2v) is 2.77. The zero-order valence-corrected chi connectivity index (χ0v) is 7.27. The van der Waals surface area contributed by atoms with Crippen LogP contribution < -0.4 is 0 Å². The van der Waals surface area contributed by atoms with Crippen molar-refractivity contribution >= 4 is 7.85 Å². The number of halogens is 1. The van der Waals surface area contributed by atoms with Crippen molar-refractivity contribution in [2.45, 2.75) is 6.32 Å². The van der Waals surface area contributed by atoms with Crippen LogP contribution in [0.1, 0.15) is 5.56 Å². The number of rotatable bonds is 2. The normalized spacial score (nSPS) is 10.4. The highest BCUT2D eigenvalue weighted by Gasteiger charge is 2.06. The number of hydrogen-bond acceptors (Lipinski definition) is 3. The van der Waals surface area contributed by atoms with E-state index in [-0.39, 0.29) is 12.1 Å². The lowest BCUT2D eigenvalue weighted by Gasteiger charge is -2.00. The third kappa shape index (κ3) is 1.53. The lowest BCUT2D eigenvalue weighted by atomic mass is 9.95. The number of nitrogens with zero attached hydrogens (tertiary/aromatic N) is 2. The first-order valence-corrected chi connectivity index (χ1v) is 4.06. The highest BCUT2D eigenvalue weighted by atomic mass is 19.1. The molecule has 0 aliphatic carbocycles. The van der Waals surface area contributed by atoms with E-state index in [2.05, 4.69) is 14.7 Å². The second-order valence-electron chi connectivity index (χ2n) is 2.77. The van der Waals surface area contributed by atoms with Gasteiger partial charge < -0.3 is 4.52 Å². The summed E-state index contributed by atoms with van der Waals surface area (Å²) in [6.45, 7) is 0. The Morgan fingerprint density at radius 2 is 2.29 bits per heavy atom. The minimum atomic E-state index is -0.352. The molecule has 2 aromatic rings. The van der Waals surface area contributed by atoms with E-state index < -0.39 is 0 Å². The van der Waals surface area contributed by atoms with Gasteiger partial charge in [0, 0.05) is 5.56 Å². The third-order valence-electron chi connectivity index (χ3n) is 1.89. The Labute approximate surface area is 81.4 Å². The van der Waals surface area contributed by atoms with Gasteiger partial charge in [-0.25, -0.2) is 4.39 Å². The first-order valence-electron chi connectivity index (χ1n) is 4.06. The van der Waals surface area contributed by atoms with E-state index in [4.69, 9.17) is 7.85 Å². The summed E-state index contributed by atoms with van der Waals surface area (Å²) in [4.78, 5) is 3.81. The van der Waals surface area contributed by atoms with Gasteiger partial charge in [-0.15, -0.1) is 0 Å². The number of aromatic nitrogens is 2. The fourth-order valence-corrected chi connectivity index (χ4v) is 1.15. The minimum absolute atomic E-state index is 0.179. The van der Waals surface area contributed by atoms with E-state index in [9.17, 15) is 4.39 Å². The molecule has 0 spiro atoms. The molecule has 0 unspecified atom stereocenters. The molecule has 1 aromatic heterocycles. The molecule has 5 heteroatoms. The van der Waals surface area contributed by atoms with Gasteiger partial charge >= 0.3 is 0 Å². The van der Waals surface area contributed by atoms with Crippen molar-refractivity contribution in [3.63, 3.8) is 0 Å². The van der Waals surface area contributed by atoms with Gasteiger partial charge in [0.2, 0.25) is 12.2 Å². The summed E-state index contributed by atoms with van der Waals surface area (Å²) in [5, 5.41) is 3.60. The smallest absolute Gasteiger partial charge is 0.214 e. The van der Waals surface area contributed by atoms with Crippen LogP contribution in [-0.4, -0.2) is 18.0 Å². The van der Waals surface area contributed by atoms with E-state index in [0.29, 0.717) is 17.0 Å². The first kappa shape index (κ1) is 8.93. The SMILES string of the molecule is [B]Cc1ccc(-c2ncon2)cc1F. The van der Waals surface area contributed by atoms with Crippen molar-refractivity contribution in [1.82, 2.24) is 10.1 Å². The van der Waals surface area contributed by atoms with Crippen molar-refractivity contribution in [2.24, 2.45) is 0 Å². The predicted octanol–water partition coefficient (Wildman–Crippen LogP) is 1.54. The van der Waals surface area contributed by atoms with Gasteiger partial charge in [0.05, 0.1) is 7.85 Å². The summed E-state index contributed by atoms with van der Waals surface area (Å²) in [6, 6.07) is 4.66. The number of hydrogen-bond donors (Lipinski definition) is 0. The molecular formula is C9H6BFN2O. The fourth-order valence-electron chi connectivity index (χ4n) is 1.15. The maximum Gasteiger partial charge on any atom is 0.214 e. The summed E-state index contributed by atoms with van der Waals surface area (Å²) in [5.74, 6) is 0.0160. The van der Waals surface area contributed by atoms with E-state index in [1.54, 1.807) is 12.1 Å². The Morgan fingerprint density at radius 1 is 1.43 bits per heavy atom. The van der Waals surface area contributed by atoms with Crippen LogP contribution in [0.15, 0.2) is 29.1 Å². The predicted molar refractivity (Wildman–Crippen MR) is 49.2 cm³/mol. The third-order valence-corrected chi connectivity index (χ3v) is 1.89. The average Bonchev–Trinajstić information content (AvgIpc) is 2.70. The van der Waals surface area contributed by atoms with Gasteiger partial charge in [-0.2, -0.15) is 4.98 Å². The van der Waals surface area contributed by atoms with Gasteiger partial charge in [-0.05, 0) is 11.6 Å². The van der Waals surface area contributed by atoms with Crippen molar-refractivity contribution in [3.05, 3.63) is 36.0 Å². The fraction of sp³-hybridized carbons (Fsp3) is 0.111. The van der Waals surface area contributed by atoms with Crippen molar-refractivity contribution < 1.29 is 8.91 Å². The van der Waals surface area contributed by atoms with Crippen LogP contribution in [0.25, 0.3) is 11.4 Å². The Balaban J connectivity index is 2.43. The Hall–Kier alpha value is -1.65. The Morgan fingerprint density at radius 3 is 2.86 bits per heavy atom. The largest absolute Gasteiger partial charge is 0.342 e. The van der Waals surface area contributed by atoms with Crippen LogP contribution in [0.3, 0.4) is 0 Å². The van der Waals surface area contributed by atoms with E-state index in [1.807, 2.05) is 0 Å². The molecule has 3 nitrogen and oxygen atoms in total. The summed E-state index contributed by atoms with van der Waals surface area (Å²) < 4.78 is 17.8. The molecule has 0 aliphatic rings. The molecular weight excluding hydrogens is 182 g/mol. The standard InChI is InChI=1S/C9H6BFN2O/c10-4-7-2-1-6(3-8(7)11)9-12-5-14-13-9/h1-3,5H,4H2. The van der Waals surface area contributed by atoms with E-state index in [0.717, 1.165) is 0 Å². The lowest BCUT2D eigenvalue weighted by molar-refractivity contribution is 0.418. The van der Waals surface area contributed by atoms with E-state index in [1.165, 1.54) is 12.5 Å². The van der Waals surface area contributed by atoms with Gasteiger partial charge in [0.15, 0.2) is 0 Å². The zero-order valence-electron chi connectivity index (χ0n) is 7.27. The van der Waals surface area contributed by atoms with Gasteiger partial charge in [0.1, 0.15) is 5.82 Å². The maximum atomic E-state index is 13.3.